The summed E-state index contributed by atoms with van der Waals surface area (Å²) < 4.78 is 0.892. The maximum Gasteiger partial charge on any atom is 0.270 e. The number of nitrogens with one attached hydrogen (secondary N) is 1. The highest BCUT2D eigenvalue weighted by Crippen LogP contribution is 2.43. The van der Waals surface area contributed by atoms with Gasteiger partial charge in [0.2, 0.25) is 0 Å². The van der Waals surface area contributed by atoms with Crippen molar-refractivity contribution in [1.29, 1.82) is 0 Å². The first-order valence-corrected chi connectivity index (χ1v) is 11.7. The second-order valence-corrected chi connectivity index (χ2v) is 10.5. The van der Waals surface area contributed by atoms with Gasteiger partial charge < -0.3 is 4.90 Å². The van der Waals surface area contributed by atoms with Gasteiger partial charge in [0.25, 0.3) is 11.8 Å². The highest BCUT2D eigenvalue weighted by molar-refractivity contribution is 9.10. The number of fused-ring (bicyclic) bond motifs is 1. The van der Waals surface area contributed by atoms with Crippen molar-refractivity contribution in [2.75, 3.05) is 16.8 Å². The van der Waals surface area contributed by atoms with Gasteiger partial charge in [0, 0.05) is 22.7 Å². The van der Waals surface area contributed by atoms with Gasteiger partial charge in [-0.05, 0) is 104 Å². The first-order valence-electron chi connectivity index (χ1n) is 10.5. The van der Waals surface area contributed by atoms with Gasteiger partial charge in [0.15, 0.2) is 5.11 Å². The zero-order valence-corrected chi connectivity index (χ0v) is 21.2. The molecular formula is C25H26BrN3O2S. The number of aryl methyl sites for hydroxylation is 1. The van der Waals surface area contributed by atoms with Gasteiger partial charge in [-0.3, -0.25) is 19.8 Å². The minimum atomic E-state index is -0.475. The normalized spacial score (nSPS) is 21.6. The molecule has 0 saturated carbocycles. The molecule has 0 bridgehead atoms. The molecule has 2 aliphatic heterocycles. The third kappa shape index (κ3) is 3.88. The molecule has 4 rings (SSSR count). The summed E-state index contributed by atoms with van der Waals surface area (Å²) in [6.45, 7) is 8.74. The van der Waals surface area contributed by atoms with Crippen LogP contribution in [-0.4, -0.2) is 29.5 Å². The molecule has 0 aliphatic carbocycles. The molecular weight excluding hydrogens is 486 g/mol. The van der Waals surface area contributed by atoms with Crippen molar-refractivity contribution in [1.82, 2.24) is 5.32 Å². The molecule has 32 heavy (non-hydrogen) atoms. The van der Waals surface area contributed by atoms with Crippen molar-refractivity contribution >= 4 is 62.5 Å². The van der Waals surface area contributed by atoms with E-state index in [-0.39, 0.29) is 16.2 Å². The molecule has 2 aromatic rings. The van der Waals surface area contributed by atoms with E-state index in [1.165, 1.54) is 16.2 Å². The monoisotopic (exact) mass is 511 g/mol. The van der Waals surface area contributed by atoms with Crippen LogP contribution >= 0.6 is 28.1 Å². The molecule has 2 aromatic carbocycles. The van der Waals surface area contributed by atoms with Crippen molar-refractivity contribution in [3.05, 3.63) is 63.1 Å². The van der Waals surface area contributed by atoms with Crippen LogP contribution in [0.4, 0.5) is 11.4 Å². The van der Waals surface area contributed by atoms with Crippen molar-refractivity contribution in [3.8, 4) is 0 Å². The summed E-state index contributed by atoms with van der Waals surface area (Å²) in [6.07, 6.45) is 2.72. The van der Waals surface area contributed by atoms with Crippen LogP contribution in [0.15, 0.2) is 46.4 Å². The lowest BCUT2D eigenvalue weighted by Gasteiger charge is -2.45. The maximum atomic E-state index is 13.3. The fourth-order valence-corrected chi connectivity index (χ4v) is 5.07. The Morgan fingerprint density at radius 2 is 1.84 bits per heavy atom. The number of amides is 2. The van der Waals surface area contributed by atoms with Crippen LogP contribution in [0.2, 0.25) is 0 Å². The van der Waals surface area contributed by atoms with Crippen LogP contribution in [0.3, 0.4) is 0 Å². The number of benzene rings is 2. The molecule has 1 atom stereocenters. The highest BCUT2D eigenvalue weighted by atomic mass is 79.9. The van der Waals surface area contributed by atoms with Crippen molar-refractivity contribution in [3.63, 3.8) is 0 Å². The van der Waals surface area contributed by atoms with Gasteiger partial charge in [0.05, 0.1) is 5.69 Å². The molecule has 0 aromatic heterocycles. The van der Waals surface area contributed by atoms with E-state index in [4.69, 9.17) is 12.2 Å². The third-order valence-electron chi connectivity index (χ3n) is 6.51. The lowest BCUT2D eigenvalue weighted by Crippen LogP contribution is -2.54. The van der Waals surface area contributed by atoms with E-state index in [1.807, 2.05) is 19.1 Å². The summed E-state index contributed by atoms with van der Waals surface area (Å²) in [4.78, 5) is 29.7. The Hall–Kier alpha value is -2.51. The first-order chi connectivity index (χ1) is 15.0. The highest BCUT2D eigenvalue weighted by Gasteiger charge is 2.36. The molecule has 2 aliphatic rings. The van der Waals surface area contributed by atoms with Crippen LogP contribution in [0, 0.1) is 6.92 Å². The van der Waals surface area contributed by atoms with E-state index >= 15 is 0 Å². The standard InChI is InChI=1S/C25H26BrN3O2S/c1-14-10-21-19(15(2)13-25(3,4)28(21)5)11-16(14)12-20-22(30)27-24(32)29(23(20)31)18-8-6-17(26)7-9-18/h6-12,15H,13H2,1-5H3,(H,27,30,32)/b20-12+/t15-/m1/s1. The second-order valence-electron chi connectivity index (χ2n) is 9.18. The van der Waals surface area contributed by atoms with E-state index < -0.39 is 11.8 Å². The van der Waals surface area contributed by atoms with E-state index in [0.29, 0.717) is 11.6 Å². The fraction of sp³-hybridized carbons (Fsp3) is 0.320. The summed E-state index contributed by atoms with van der Waals surface area (Å²) in [5.41, 5.74) is 5.05. The summed E-state index contributed by atoms with van der Waals surface area (Å²) in [5, 5.41) is 2.74. The van der Waals surface area contributed by atoms with Crippen LogP contribution in [0.1, 0.15) is 49.8 Å². The van der Waals surface area contributed by atoms with Gasteiger partial charge in [-0.2, -0.15) is 0 Å². The Labute approximate surface area is 202 Å². The van der Waals surface area contributed by atoms with E-state index in [1.54, 1.807) is 18.2 Å². The lowest BCUT2D eigenvalue weighted by atomic mass is 9.79. The number of carbonyl (C=O) groups excluding carboxylic acids is 2. The topological polar surface area (TPSA) is 52.7 Å². The molecule has 7 heteroatoms. The zero-order valence-electron chi connectivity index (χ0n) is 18.8. The number of nitrogens with zero attached hydrogens (tertiary/aromatic N) is 2. The zero-order chi connectivity index (χ0) is 23.4. The lowest BCUT2D eigenvalue weighted by molar-refractivity contribution is -0.122. The van der Waals surface area contributed by atoms with Crippen LogP contribution in [0.5, 0.6) is 0 Å². The quantitative estimate of drug-likeness (QED) is 0.337. The molecule has 2 heterocycles. The predicted octanol–water partition coefficient (Wildman–Crippen LogP) is 5.31. The Morgan fingerprint density at radius 3 is 2.50 bits per heavy atom. The largest absolute Gasteiger partial charge is 0.369 e. The van der Waals surface area contributed by atoms with Crippen LogP contribution in [-0.2, 0) is 9.59 Å². The summed E-state index contributed by atoms with van der Waals surface area (Å²) in [7, 11) is 2.12. The summed E-state index contributed by atoms with van der Waals surface area (Å²) in [5.74, 6) is -0.530. The molecule has 0 radical (unpaired) electrons. The van der Waals surface area contributed by atoms with Gasteiger partial charge in [-0.25, -0.2) is 0 Å². The van der Waals surface area contributed by atoms with Crippen LogP contribution < -0.4 is 15.1 Å². The number of carbonyl (C=O) groups is 2. The van der Waals surface area contributed by atoms with Crippen molar-refractivity contribution in [2.45, 2.75) is 45.6 Å². The minimum Gasteiger partial charge on any atom is -0.369 e. The molecule has 0 unspecified atom stereocenters. The van der Waals surface area contributed by atoms with Gasteiger partial charge >= 0.3 is 0 Å². The van der Waals surface area contributed by atoms with Crippen molar-refractivity contribution in [2.24, 2.45) is 0 Å². The summed E-state index contributed by atoms with van der Waals surface area (Å²) in [6, 6.07) is 11.5. The van der Waals surface area contributed by atoms with Gasteiger partial charge in [-0.15, -0.1) is 0 Å². The minimum absolute atomic E-state index is 0.0684. The Bertz CT molecular complexity index is 1170. The van der Waals surface area contributed by atoms with E-state index in [2.05, 4.69) is 66.1 Å². The number of halogens is 1. The molecule has 0 spiro atoms. The van der Waals surface area contributed by atoms with E-state index in [9.17, 15) is 9.59 Å². The number of rotatable bonds is 2. The SMILES string of the molecule is Cc1cc2c(cc1/C=C1\C(=O)NC(=S)N(c3ccc(Br)cc3)C1=O)[C@H](C)CC(C)(C)N2C. The van der Waals surface area contributed by atoms with Gasteiger partial charge in [0.1, 0.15) is 5.57 Å². The molecule has 1 N–H and O–H groups in total. The predicted molar refractivity (Wildman–Crippen MR) is 137 cm³/mol. The second kappa shape index (κ2) is 8.12. The molecule has 166 valence electrons. The summed E-state index contributed by atoms with van der Waals surface area (Å²) >= 11 is 8.70. The molecule has 5 nitrogen and oxygen atoms in total. The van der Waals surface area contributed by atoms with Gasteiger partial charge in [-0.1, -0.05) is 22.9 Å². The number of anilines is 2. The van der Waals surface area contributed by atoms with Crippen LogP contribution in [0.25, 0.3) is 6.08 Å². The molecule has 1 saturated heterocycles. The fourth-order valence-electron chi connectivity index (χ4n) is 4.53. The third-order valence-corrected chi connectivity index (χ3v) is 7.32. The number of hydrogen-bond acceptors (Lipinski definition) is 4. The Kier molecular flexibility index (Phi) is 5.75. The smallest absolute Gasteiger partial charge is 0.270 e. The average molecular weight is 512 g/mol. The Morgan fingerprint density at radius 1 is 1.19 bits per heavy atom. The molecule has 1 fully saturated rings. The molecule has 2 amide bonds. The van der Waals surface area contributed by atoms with Crippen molar-refractivity contribution < 1.29 is 9.59 Å². The number of thiocarbonyl (C=S) groups is 1. The van der Waals surface area contributed by atoms with E-state index in [0.717, 1.165) is 22.0 Å². The first kappa shape index (κ1) is 22.7. The Balaban J connectivity index is 1.77. The average Bonchev–Trinajstić information content (AvgIpc) is 2.71. The maximum absolute atomic E-state index is 13.3. The number of hydrogen-bond donors (Lipinski definition) is 1.